The van der Waals surface area contributed by atoms with Crippen LogP contribution in [0.5, 0.6) is 0 Å². The number of aliphatic hydroxyl groups excluding tert-OH is 1. The molecule has 28 heavy (non-hydrogen) atoms. The Hall–Kier alpha value is -2.51. The van der Waals surface area contributed by atoms with Crippen LogP contribution in [-0.4, -0.2) is 58.8 Å². The summed E-state index contributed by atoms with van der Waals surface area (Å²) < 4.78 is 0. The third-order valence-corrected chi connectivity index (χ3v) is 6.00. The number of likely N-dealkylation sites (N-methyl/N-ethyl adjacent to an activating group) is 1. The summed E-state index contributed by atoms with van der Waals surface area (Å²) >= 11 is 1.29. The van der Waals surface area contributed by atoms with Gasteiger partial charge in [0.25, 0.3) is 5.91 Å². The highest BCUT2D eigenvalue weighted by Crippen LogP contribution is 2.40. The number of hydrogen-bond donors (Lipinski definition) is 1. The highest BCUT2D eigenvalue weighted by molar-refractivity contribution is 7.14. The van der Waals surface area contributed by atoms with Gasteiger partial charge in [0.1, 0.15) is 0 Å². The third kappa shape index (κ3) is 3.59. The molecule has 6 nitrogen and oxygen atoms in total. The smallest absolute Gasteiger partial charge is 0.290 e. The van der Waals surface area contributed by atoms with Gasteiger partial charge < -0.3 is 14.9 Å². The van der Waals surface area contributed by atoms with Crippen molar-refractivity contribution in [2.75, 3.05) is 27.2 Å². The minimum atomic E-state index is -0.608. The second kappa shape index (κ2) is 7.85. The third-order valence-electron chi connectivity index (χ3n) is 4.93. The van der Waals surface area contributed by atoms with Crippen molar-refractivity contribution in [3.8, 4) is 0 Å². The lowest BCUT2D eigenvalue weighted by molar-refractivity contribution is -0.129. The van der Waals surface area contributed by atoms with Crippen LogP contribution in [0.4, 0.5) is 0 Å². The fourth-order valence-corrected chi connectivity index (χ4v) is 4.38. The van der Waals surface area contributed by atoms with Gasteiger partial charge in [-0.1, -0.05) is 24.3 Å². The van der Waals surface area contributed by atoms with Gasteiger partial charge in [-0.2, -0.15) is 0 Å². The number of benzene rings is 1. The molecule has 1 aliphatic rings. The van der Waals surface area contributed by atoms with Gasteiger partial charge in [-0.05, 0) is 46.0 Å². The summed E-state index contributed by atoms with van der Waals surface area (Å²) in [4.78, 5) is 34.6. The fourth-order valence-electron chi connectivity index (χ4n) is 3.51. The first-order valence-electron chi connectivity index (χ1n) is 9.15. The molecule has 0 saturated heterocycles. The van der Waals surface area contributed by atoms with E-state index < -0.39 is 17.7 Å². The van der Waals surface area contributed by atoms with Gasteiger partial charge in [0, 0.05) is 13.1 Å². The van der Waals surface area contributed by atoms with E-state index in [1.165, 1.54) is 11.3 Å². The molecule has 1 aromatic heterocycles. The van der Waals surface area contributed by atoms with Crippen LogP contribution in [0, 0.1) is 20.8 Å². The monoisotopic (exact) mass is 399 g/mol. The van der Waals surface area contributed by atoms with Crippen LogP contribution in [-0.2, 0) is 4.79 Å². The van der Waals surface area contributed by atoms with E-state index in [1.807, 2.05) is 57.1 Å². The molecule has 1 unspecified atom stereocenters. The Balaban J connectivity index is 2.12. The van der Waals surface area contributed by atoms with Gasteiger partial charge >= 0.3 is 0 Å². The van der Waals surface area contributed by atoms with Crippen molar-refractivity contribution in [1.82, 2.24) is 14.8 Å². The minimum absolute atomic E-state index is 0.143. The van der Waals surface area contributed by atoms with Crippen LogP contribution >= 0.6 is 11.3 Å². The van der Waals surface area contributed by atoms with Crippen molar-refractivity contribution in [3.05, 3.63) is 62.3 Å². The number of hydrogen-bond acceptors (Lipinski definition) is 6. The van der Waals surface area contributed by atoms with Crippen LogP contribution in [0.25, 0.3) is 0 Å². The van der Waals surface area contributed by atoms with Crippen molar-refractivity contribution in [1.29, 1.82) is 0 Å². The molecule has 0 bridgehead atoms. The SMILES string of the molecule is Cc1nc(C)c(C(=O)C2=C(O)C(=O)N(CCN(C)C)C2c2ccccc2C)s1. The number of amides is 1. The molecule has 0 radical (unpaired) electrons. The predicted molar refractivity (Wildman–Crippen MR) is 110 cm³/mol. The summed E-state index contributed by atoms with van der Waals surface area (Å²) in [6.07, 6.45) is 0. The average Bonchev–Trinajstić information content (AvgIpc) is 3.10. The molecule has 3 rings (SSSR count). The van der Waals surface area contributed by atoms with E-state index in [0.29, 0.717) is 23.7 Å². The number of aliphatic hydroxyl groups is 1. The molecule has 148 valence electrons. The maximum Gasteiger partial charge on any atom is 0.290 e. The van der Waals surface area contributed by atoms with Crippen molar-refractivity contribution in [2.24, 2.45) is 0 Å². The molecular weight excluding hydrogens is 374 g/mol. The Kier molecular flexibility index (Phi) is 5.67. The van der Waals surface area contributed by atoms with Crippen LogP contribution in [0.1, 0.15) is 37.5 Å². The minimum Gasteiger partial charge on any atom is -0.503 e. The second-order valence-corrected chi connectivity index (χ2v) is 8.50. The standard InChI is InChI=1S/C21H25N3O3S/c1-12-8-6-7-9-15(12)17-16(18(25)20-13(2)22-14(3)28-20)19(26)21(27)24(17)11-10-23(4)5/h6-9,17,26H,10-11H2,1-5H3. The molecule has 1 aliphatic heterocycles. The number of carbonyl (C=O) groups is 2. The van der Waals surface area contributed by atoms with Gasteiger partial charge in [-0.15, -0.1) is 11.3 Å². The normalized spacial score (nSPS) is 17.1. The summed E-state index contributed by atoms with van der Waals surface area (Å²) in [5.41, 5.74) is 2.58. The molecule has 2 heterocycles. The average molecular weight is 400 g/mol. The summed E-state index contributed by atoms with van der Waals surface area (Å²) in [6, 6.07) is 7.05. The molecule has 1 N–H and O–H groups in total. The topological polar surface area (TPSA) is 73.7 Å². The Morgan fingerprint density at radius 2 is 1.93 bits per heavy atom. The molecular formula is C21H25N3O3S. The first-order chi connectivity index (χ1) is 13.2. The van der Waals surface area contributed by atoms with E-state index in [0.717, 1.165) is 16.1 Å². The molecule has 1 amide bonds. The van der Waals surface area contributed by atoms with Crippen molar-refractivity contribution >= 4 is 23.0 Å². The number of nitrogens with zero attached hydrogens (tertiary/aromatic N) is 3. The van der Waals surface area contributed by atoms with E-state index >= 15 is 0 Å². The van der Waals surface area contributed by atoms with Crippen LogP contribution in [0.3, 0.4) is 0 Å². The summed E-state index contributed by atoms with van der Waals surface area (Å²) in [5.74, 6) is -1.28. The van der Waals surface area contributed by atoms with Gasteiger partial charge in [-0.3, -0.25) is 9.59 Å². The number of aromatic nitrogens is 1. The maximum absolute atomic E-state index is 13.4. The molecule has 0 spiro atoms. The highest BCUT2D eigenvalue weighted by atomic mass is 32.1. The molecule has 2 aromatic rings. The van der Waals surface area contributed by atoms with Crippen LogP contribution in [0.2, 0.25) is 0 Å². The molecule has 0 saturated carbocycles. The molecule has 0 aliphatic carbocycles. The zero-order valence-electron chi connectivity index (χ0n) is 16.8. The zero-order valence-corrected chi connectivity index (χ0v) is 17.6. The van der Waals surface area contributed by atoms with Crippen molar-refractivity contribution in [2.45, 2.75) is 26.8 Å². The number of ketones is 1. The Morgan fingerprint density at radius 1 is 1.25 bits per heavy atom. The van der Waals surface area contributed by atoms with Crippen molar-refractivity contribution < 1.29 is 14.7 Å². The van der Waals surface area contributed by atoms with Gasteiger partial charge in [0.2, 0.25) is 5.78 Å². The highest BCUT2D eigenvalue weighted by Gasteiger charge is 2.44. The quantitative estimate of drug-likeness (QED) is 0.755. The second-order valence-electron chi connectivity index (χ2n) is 7.30. The molecule has 0 fully saturated rings. The van der Waals surface area contributed by atoms with E-state index in [2.05, 4.69) is 4.98 Å². The zero-order chi connectivity index (χ0) is 20.6. The molecule has 1 aromatic carbocycles. The number of aryl methyl sites for hydroxylation is 3. The van der Waals surface area contributed by atoms with Gasteiger partial charge in [0.15, 0.2) is 5.76 Å². The lowest BCUT2D eigenvalue weighted by Crippen LogP contribution is -2.36. The first kappa shape index (κ1) is 20.2. The molecule has 1 atom stereocenters. The first-order valence-corrected chi connectivity index (χ1v) is 9.97. The van der Waals surface area contributed by atoms with Crippen LogP contribution in [0.15, 0.2) is 35.6 Å². The van der Waals surface area contributed by atoms with Gasteiger partial charge in [0.05, 0.1) is 27.2 Å². The van der Waals surface area contributed by atoms with E-state index in [1.54, 1.807) is 11.8 Å². The number of rotatable bonds is 6. The lowest BCUT2D eigenvalue weighted by Gasteiger charge is -2.29. The fraction of sp³-hybridized carbons (Fsp3) is 0.381. The Morgan fingerprint density at radius 3 is 2.50 bits per heavy atom. The summed E-state index contributed by atoms with van der Waals surface area (Å²) in [5, 5.41) is 11.5. The summed E-state index contributed by atoms with van der Waals surface area (Å²) in [7, 11) is 3.85. The Labute approximate surface area is 169 Å². The maximum atomic E-state index is 13.4. The lowest BCUT2D eigenvalue weighted by atomic mass is 9.92. The van der Waals surface area contributed by atoms with E-state index in [9.17, 15) is 14.7 Å². The number of Topliss-reactive ketones (excluding diaryl/α,β-unsaturated/α-hetero) is 1. The van der Waals surface area contributed by atoms with E-state index in [-0.39, 0.29) is 11.4 Å². The summed E-state index contributed by atoms with van der Waals surface area (Å²) in [6.45, 7) is 6.60. The van der Waals surface area contributed by atoms with E-state index in [4.69, 9.17) is 0 Å². The number of carbonyl (C=O) groups excluding carboxylic acids is 2. The predicted octanol–water partition coefficient (Wildman–Crippen LogP) is 3.21. The Bertz CT molecular complexity index is 962. The van der Waals surface area contributed by atoms with Gasteiger partial charge in [-0.25, -0.2) is 4.98 Å². The van der Waals surface area contributed by atoms with Crippen LogP contribution < -0.4 is 0 Å². The van der Waals surface area contributed by atoms with Crippen molar-refractivity contribution in [3.63, 3.8) is 0 Å². The largest absolute Gasteiger partial charge is 0.503 e. The number of thiazole rings is 1. The molecule has 7 heteroatoms.